The molecule has 0 atom stereocenters. The van der Waals surface area contributed by atoms with Crippen molar-refractivity contribution in [1.82, 2.24) is 9.88 Å². The molecule has 1 aliphatic rings. The highest BCUT2D eigenvalue weighted by Gasteiger charge is 2.32. The molecular formula is C17H20N4O2. The predicted molar refractivity (Wildman–Crippen MR) is 90.2 cm³/mol. The second-order valence-corrected chi connectivity index (χ2v) is 5.60. The summed E-state index contributed by atoms with van der Waals surface area (Å²) in [6, 6.07) is 7.36. The first-order valence-electron chi connectivity index (χ1n) is 7.64. The van der Waals surface area contributed by atoms with Crippen molar-refractivity contribution in [1.29, 1.82) is 0 Å². The standard InChI is InChI=1S/C17H20N4O2/c1-4-18-9-14(22)21-13-8-6-5-7-12(13)19-17(23)16-15(21)11(2)10-20(16)3/h5-8,10,18H,4,9H2,1-3H3,(H,19,23). The maximum absolute atomic E-state index is 12.8. The average molecular weight is 312 g/mol. The maximum atomic E-state index is 12.8. The van der Waals surface area contributed by atoms with Gasteiger partial charge in [0.1, 0.15) is 5.69 Å². The molecule has 0 bridgehead atoms. The van der Waals surface area contributed by atoms with Gasteiger partial charge in [0.05, 0.1) is 23.6 Å². The van der Waals surface area contributed by atoms with E-state index in [2.05, 4.69) is 10.6 Å². The summed E-state index contributed by atoms with van der Waals surface area (Å²) in [5, 5.41) is 5.96. The summed E-state index contributed by atoms with van der Waals surface area (Å²) in [6.07, 6.45) is 1.87. The lowest BCUT2D eigenvalue weighted by Crippen LogP contribution is -2.35. The summed E-state index contributed by atoms with van der Waals surface area (Å²) in [4.78, 5) is 27.1. The zero-order valence-electron chi connectivity index (χ0n) is 13.5. The Morgan fingerprint density at radius 1 is 1.30 bits per heavy atom. The summed E-state index contributed by atoms with van der Waals surface area (Å²) in [6.45, 7) is 4.79. The Hall–Kier alpha value is -2.60. The summed E-state index contributed by atoms with van der Waals surface area (Å²) >= 11 is 0. The molecule has 1 aliphatic heterocycles. The molecule has 1 aromatic heterocycles. The normalized spacial score (nSPS) is 13.2. The van der Waals surface area contributed by atoms with Crippen molar-refractivity contribution in [3.63, 3.8) is 0 Å². The van der Waals surface area contributed by atoms with Crippen molar-refractivity contribution in [2.45, 2.75) is 13.8 Å². The number of fused-ring (bicyclic) bond motifs is 2. The number of nitrogens with one attached hydrogen (secondary N) is 2. The fourth-order valence-corrected chi connectivity index (χ4v) is 2.97. The van der Waals surface area contributed by atoms with Gasteiger partial charge in [-0.3, -0.25) is 14.5 Å². The molecule has 3 rings (SSSR count). The van der Waals surface area contributed by atoms with E-state index in [0.717, 1.165) is 5.56 Å². The molecule has 0 saturated carbocycles. The number of carbonyl (C=O) groups is 2. The third-order valence-electron chi connectivity index (χ3n) is 3.95. The molecule has 120 valence electrons. The average Bonchev–Trinajstić information content (AvgIpc) is 2.74. The van der Waals surface area contributed by atoms with Gasteiger partial charge in [0.2, 0.25) is 5.91 Å². The van der Waals surface area contributed by atoms with Crippen LogP contribution in [0.2, 0.25) is 0 Å². The van der Waals surface area contributed by atoms with E-state index in [0.29, 0.717) is 29.3 Å². The zero-order chi connectivity index (χ0) is 16.6. The highest BCUT2D eigenvalue weighted by atomic mass is 16.2. The lowest BCUT2D eigenvalue weighted by atomic mass is 10.2. The second kappa shape index (κ2) is 5.89. The number of para-hydroxylation sites is 2. The van der Waals surface area contributed by atoms with Crippen LogP contribution in [0.15, 0.2) is 30.5 Å². The SMILES string of the molecule is CCNCC(=O)N1c2ccccc2NC(=O)c2c1c(C)cn2C. The number of hydrogen-bond donors (Lipinski definition) is 2. The Kier molecular flexibility index (Phi) is 3.92. The number of nitrogens with zero attached hydrogens (tertiary/aromatic N) is 2. The van der Waals surface area contributed by atoms with Crippen LogP contribution >= 0.6 is 0 Å². The highest BCUT2D eigenvalue weighted by Crippen LogP contribution is 2.40. The van der Waals surface area contributed by atoms with Crippen LogP contribution < -0.4 is 15.5 Å². The van der Waals surface area contributed by atoms with E-state index in [1.807, 2.05) is 51.4 Å². The minimum Gasteiger partial charge on any atom is -0.345 e. The number of anilines is 3. The molecule has 0 aliphatic carbocycles. The van der Waals surface area contributed by atoms with Gasteiger partial charge in [-0.1, -0.05) is 19.1 Å². The number of aromatic nitrogens is 1. The van der Waals surface area contributed by atoms with E-state index >= 15 is 0 Å². The van der Waals surface area contributed by atoms with Gasteiger partial charge in [-0.15, -0.1) is 0 Å². The first-order valence-corrected chi connectivity index (χ1v) is 7.64. The van der Waals surface area contributed by atoms with E-state index < -0.39 is 0 Å². The van der Waals surface area contributed by atoms with Crippen molar-refractivity contribution in [2.75, 3.05) is 23.3 Å². The van der Waals surface area contributed by atoms with Gasteiger partial charge in [-0.05, 0) is 31.2 Å². The summed E-state index contributed by atoms with van der Waals surface area (Å²) in [5.74, 6) is -0.298. The molecule has 2 aromatic rings. The molecular weight excluding hydrogens is 292 g/mol. The molecule has 0 unspecified atom stereocenters. The van der Waals surface area contributed by atoms with Crippen molar-refractivity contribution >= 4 is 28.9 Å². The number of carbonyl (C=O) groups excluding carboxylic acids is 2. The van der Waals surface area contributed by atoms with Gasteiger partial charge < -0.3 is 15.2 Å². The van der Waals surface area contributed by atoms with E-state index in [1.54, 1.807) is 9.47 Å². The van der Waals surface area contributed by atoms with Crippen molar-refractivity contribution in [3.8, 4) is 0 Å². The number of amides is 2. The van der Waals surface area contributed by atoms with Crippen LogP contribution in [0.4, 0.5) is 17.1 Å². The van der Waals surface area contributed by atoms with Crippen LogP contribution in [-0.2, 0) is 11.8 Å². The van der Waals surface area contributed by atoms with E-state index in [4.69, 9.17) is 0 Å². The Morgan fingerprint density at radius 2 is 2.04 bits per heavy atom. The van der Waals surface area contributed by atoms with Gasteiger partial charge in [-0.2, -0.15) is 0 Å². The molecule has 0 spiro atoms. The largest absolute Gasteiger partial charge is 0.345 e. The van der Waals surface area contributed by atoms with Crippen LogP contribution in [-0.4, -0.2) is 29.5 Å². The van der Waals surface area contributed by atoms with Crippen molar-refractivity contribution < 1.29 is 9.59 Å². The molecule has 2 heterocycles. The van der Waals surface area contributed by atoms with Crippen molar-refractivity contribution in [2.24, 2.45) is 7.05 Å². The Balaban J connectivity index is 2.22. The fourth-order valence-electron chi connectivity index (χ4n) is 2.97. The summed E-state index contributed by atoms with van der Waals surface area (Å²) in [7, 11) is 1.81. The number of likely N-dealkylation sites (N-methyl/N-ethyl adjacent to an activating group) is 1. The van der Waals surface area contributed by atoms with Crippen LogP contribution in [0.5, 0.6) is 0 Å². The number of hydrogen-bond acceptors (Lipinski definition) is 3. The predicted octanol–water partition coefficient (Wildman–Crippen LogP) is 2.17. The maximum Gasteiger partial charge on any atom is 0.274 e. The molecule has 6 nitrogen and oxygen atoms in total. The van der Waals surface area contributed by atoms with Crippen LogP contribution in [0, 0.1) is 6.92 Å². The molecule has 23 heavy (non-hydrogen) atoms. The minimum atomic E-state index is -0.207. The molecule has 1 aromatic carbocycles. The minimum absolute atomic E-state index is 0.0913. The quantitative estimate of drug-likeness (QED) is 0.913. The number of rotatable bonds is 3. The summed E-state index contributed by atoms with van der Waals surface area (Å²) in [5.41, 5.74) is 3.36. The van der Waals surface area contributed by atoms with Gasteiger partial charge in [0, 0.05) is 13.2 Å². The lowest BCUT2D eigenvalue weighted by molar-refractivity contribution is -0.117. The van der Waals surface area contributed by atoms with Crippen molar-refractivity contribution in [3.05, 3.63) is 41.7 Å². The van der Waals surface area contributed by atoms with E-state index in [1.165, 1.54) is 0 Å². The molecule has 6 heteroatoms. The first kappa shape index (κ1) is 15.3. The molecule has 2 amide bonds. The Morgan fingerprint density at radius 3 is 2.78 bits per heavy atom. The Labute approximate surface area is 135 Å². The van der Waals surface area contributed by atoms with E-state index in [9.17, 15) is 9.59 Å². The topological polar surface area (TPSA) is 66.4 Å². The molecule has 0 radical (unpaired) electrons. The van der Waals surface area contributed by atoms with Gasteiger partial charge >= 0.3 is 0 Å². The highest BCUT2D eigenvalue weighted by molar-refractivity contribution is 6.18. The Bertz CT molecular complexity index is 779. The number of benzene rings is 1. The number of aryl methyl sites for hydroxylation is 2. The van der Waals surface area contributed by atoms with Crippen LogP contribution in [0.3, 0.4) is 0 Å². The van der Waals surface area contributed by atoms with Gasteiger partial charge in [0.15, 0.2) is 0 Å². The molecule has 0 fully saturated rings. The van der Waals surface area contributed by atoms with Gasteiger partial charge in [-0.25, -0.2) is 0 Å². The van der Waals surface area contributed by atoms with E-state index in [-0.39, 0.29) is 18.4 Å². The lowest BCUT2D eigenvalue weighted by Gasteiger charge is -2.23. The smallest absolute Gasteiger partial charge is 0.274 e. The zero-order valence-corrected chi connectivity index (χ0v) is 13.5. The summed E-state index contributed by atoms with van der Waals surface area (Å²) < 4.78 is 1.76. The third kappa shape index (κ3) is 2.51. The van der Waals surface area contributed by atoms with Crippen LogP contribution in [0.1, 0.15) is 23.0 Å². The van der Waals surface area contributed by atoms with Crippen LogP contribution in [0.25, 0.3) is 0 Å². The van der Waals surface area contributed by atoms with Gasteiger partial charge in [0.25, 0.3) is 5.91 Å². The second-order valence-electron chi connectivity index (χ2n) is 5.60. The third-order valence-corrected chi connectivity index (χ3v) is 3.95. The first-order chi connectivity index (χ1) is 11.0. The molecule has 2 N–H and O–H groups in total. The molecule has 0 saturated heterocycles. The monoisotopic (exact) mass is 312 g/mol. The fraction of sp³-hybridized carbons (Fsp3) is 0.294.